The molecule has 92 valence electrons. The van der Waals surface area contributed by atoms with Gasteiger partial charge in [0.05, 0.1) is 0 Å². The summed E-state index contributed by atoms with van der Waals surface area (Å²) in [6.45, 7) is 9.07. The fourth-order valence-electron chi connectivity index (χ4n) is 2.31. The quantitative estimate of drug-likeness (QED) is 0.685. The van der Waals surface area contributed by atoms with Crippen LogP contribution in [-0.4, -0.2) is 4.57 Å². The van der Waals surface area contributed by atoms with Crippen molar-refractivity contribution in [2.45, 2.75) is 52.5 Å². The van der Waals surface area contributed by atoms with E-state index in [1.54, 1.807) is 0 Å². The molecule has 2 rings (SSSR count). The van der Waals surface area contributed by atoms with Gasteiger partial charge in [0.2, 0.25) is 0 Å². The highest BCUT2D eigenvalue weighted by atomic mass is 15.0. The Kier molecular flexibility index (Phi) is 3.56. The average Bonchev–Trinajstić information content (AvgIpc) is 2.79. The Labute approximate surface area is 104 Å². The van der Waals surface area contributed by atoms with Crippen LogP contribution in [0.1, 0.15) is 58.1 Å². The van der Waals surface area contributed by atoms with Crippen molar-refractivity contribution in [3.05, 3.63) is 36.0 Å². The van der Waals surface area contributed by atoms with Gasteiger partial charge in [0.25, 0.3) is 0 Å². The first-order valence-electron chi connectivity index (χ1n) is 6.77. The molecule has 0 bridgehead atoms. The van der Waals surface area contributed by atoms with E-state index >= 15 is 0 Å². The van der Waals surface area contributed by atoms with Gasteiger partial charge in [0.1, 0.15) is 0 Å². The lowest BCUT2D eigenvalue weighted by atomic mass is 9.97. The summed E-state index contributed by atoms with van der Waals surface area (Å²) in [5.41, 5.74) is 2.83. The Morgan fingerprint density at radius 3 is 2.47 bits per heavy atom. The van der Waals surface area contributed by atoms with Crippen molar-refractivity contribution in [2.75, 3.05) is 0 Å². The molecule has 0 saturated heterocycles. The molecular weight excluding hydrogens is 206 g/mol. The number of hydrogen-bond acceptors (Lipinski definition) is 0. The molecule has 1 heterocycles. The van der Waals surface area contributed by atoms with Gasteiger partial charge in [-0.15, -0.1) is 0 Å². The van der Waals surface area contributed by atoms with E-state index in [4.69, 9.17) is 0 Å². The fourth-order valence-corrected chi connectivity index (χ4v) is 2.31. The van der Waals surface area contributed by atoms with Crippen molar-refractivity contribution in [3.8, 4) is 0 Å². The number of benzene rings is 1. The molecule has 0 aliphatic heterocycles. The van der Waals surface area contributed by atoms with Crippen LogP contribution in [0.2, 0.25) is 0 Å². The lowest BCUT2D eigenvalue weighted by Crippen LogP contribution is -2.01. The van der Waals surface area contributed by atoms with Gasteiger partial charge in [0.15, 0.2) is 0 Å². The minimum absolute atomic E-state index is 0.585. The van der Waals surface area contributed by atoms with E-state index in [1.807, 2.05) is 0 Å². The van der Waals surface area contributed by atoms with Crippen molar-refractivity contribution >= 4 is 10.9 Å². The van der Waals surface area contributed by atoms with E-state index in [-0.39, 0.29) is 0 Å². The Morgan fingerprint density at radius 2 is 1.82 bits per heavy atom. The molecule has 2 aromatic rings. The van der Waals surface area contributed by atoms with Gasteiger partial charge in [-0.2, -0.15) is 0 Å². The second kappa shape index (κ2) is 4.95. The Bertz CT molecular complexity index is 495. The molecule has 0 aliphatic carbocycles. The van der Waals surface area contributed by atoms with Crippen molar-refractivity contribution < 1.29 is 0 Å². The summed E-state index contributed by atoms with van der Waals surface area (Å²) in [4.78, 5) is 0. The SMILES string of the molecule is CCC(C)c1ccc2c(ccn2C(C)CC)c1. The number of fused-ring (bicyclic) bond motifs is 1. The van der Waals surface area contributed by atoms with E-state index in [9.17, 15) is 0 Å². The van der Waals surface area contributed by atoms with Crippen LogP contribution >= 0.6 is 0 Å². The van der Waals surface area contributed by atoms with Gasteiger partial charge >= 0.3 is 0 Å². The second-order valence-electron chi connectivity index (χ2n) is 5.11. The van der Waals surface area contributed by atoms with Crippen LogP contribution in [0.4, 0.5) is 0 Å². The summed E-state index contributed by atoms with van der Waals surface area (Å²) in [7, 11) is 0. The Balaban J connectivity index is 2.44. The minimum atomic E-state index is 0.585. The normalized spacial score (nSPS) is 15.1. The van der Waals surface area contributed by atoms with Crippen LogP contribution < -0.4 is 0 Å². The average molecular weight is 229 g/mol. The zero-order valence-corrected chi connectivity index (χ0v) is 11.4. The van der Waals surface area contributed by atoms with E-state index in [1.165, 1.54) is 29.3 Å². The fraction of sp³-hybridized carbons (Fsp3) is 0.500. The summed E-state index contributed by atoms with van der Waals surface area (Å²) < 4.78 is 2.38. The molecule has 1 heteroatoms. The minimum Gasteiger partial charge on any atom is -0.345 e. The lowest BCUT2D eigenvalue weighted by Gasteiger charge is -2.14. The molecule has 2 unspecified atom stereocenters. The van der Waals surface area contributed by atoms with E-state index in [2.05, 4.69) is 62.7 Å². The first-order valence-corrected chi connectivity index (χ1v) is 6.77. The molecule has 0 radical (unpaired) electrons. The maximum atomic E-state index is 2.38. The molecule has 0 fully saturated rings. The third-order valence-electron chi connectivity index (χ3n) is 3.99. The van der Waals surface area contributed by atoms with E-state index in [0.717, 1.165) is 0 Å². The van der Waals surface area contributed by atoms with Gasteiger partial charge in [0, 0.05) is 17.8 Å². The predicted octanol–water partition coefficient (Wildman–Crippen LogP) is 5.13. The largest absolute Gasteiger partial charge is 0.345 e. The highest BCUT2D eigenvalue weighted by Gasteiger charge is 2.08. The number of hydrogen-bond donors (Lipinski definition) is 0. The summed E-state index contributed by atoms with van der Waals surface area (Å²) in [5.74, 6) is 0.659. The number of aromatic nitrogens is 1. The van der Waals surface area contributed by atoms with E-state index in [0.29, 0.717) is 12.0 Å². The van der Waals surface area contributed by atoms with Crippen molar-refractivity contribution in [3.63, 3.8) is 0 Å². The molecule has 0 amide bonds. The first-order chi connectivity index (χ1) is 8.17. The topological polar surface area (TPSA) is 4.93 Å². The van der Waals surface area contributed by atoms with Crippen LogP contribution in [0.5, 0.6) is 0 Å². The summed E-state index contributed by atoms with van der Waals surface area (Å²) in [6.07, 6.45) is 4.60. The zero-order valence-electron chi connectivity index (χ0n) is 11.4. The van der Waals surface area contributed by atoms with Gasteiger partial charge in [-0.05, 0) is 54.8 Å². The monoisotopic (exact) mass is 229 g/mol. The van der Waals surface area contributed by atoms with Gasteiger partial charge in [-0.1, -0.05) is 26.8 Å². The van der Waals surface area contributed by atoms with Crippen LogP contribution in [0.25, 0.3) is 10.9 Å². The highest BCUT2D eigenvalue weighted by Crippen LogP contribution is 2.26. The standard InChI is InChI=1S/C16H23N/c1-5-12(3)14-7-8-16-15(11-14)9-10-17(16)13(4)6-2/h7-13H,5-6H2,1-4H3. The van der Waals surface area contributed by atoms with Crippen LogP contribution in [0.3, 0.4) is 0 Å². The number of rotatable bonds is 4. The smallest absolute Gasteiger partial charge is 0.0482 e. The Morgan fingerprint density at radius 1 is 1.06 bits per heavy atom. The summed E-state index contributed by atoms with van der Waals surface area (Å²) in [6, 6.07) is 9.75. The first kappa shape index (κ1) is 12.2. The van der Waals surface area contributed by atoms with E-state index < -0.39 is 0 Å². The number of nitrogens with zero attached hydrogens (tertiary/aromatic N) is 1. The molecule has 0 saturated carbocycles. The maximum absolute atomic E-state index is 2.38. The molecule has 0 aliphatic rings. The summed E-state index contributed by atoms with van der Waals surface area (Å²) >= 11 is 0. The van der Waals surface area contributed by atoms with Gasteiger partial charge in [-0.25, -0.2) is 0 Å². The third-order valence-corrected chi connectivity index (χ3v) is 3.99. The van der Waals surface area contributed by atoms with Crippen LogP contribution in [-0.2, 0) is 0 Å². The lowest BCUT2D eigenvalue weighted by molar-refractivity contribution is 0.548. The molecule has 1 aromatic carbocycles. The molecule has 1 aromatic heterocycles. The second-order valence-corrected chi connectivity index (χ2v) is 5.11. The molecule has 0 N–H and O–H groups in total. The molecule has 2 atom stereocenters. The van der Waals surface area contributed by atoms with Crippen molar-refractivity contribution in [1.29, 1.82) is 0 Å². The molecule has 1 nitrogen and oxygen atoms in total. The zero-order chi connectivity index (χ0) is 12.4. The molecular formula is C16H23N. The molecule has 0 spiro atoms. The Hall–Kier alpha value is -1.24. The van der Waals surface area contributed by atoms with Crippen molar-refractivity contribution in [1.82, 2.24) is 4.57 Å². The van der Waals surface area contributed by atoms with Crippen LogP contribution in [0.15, 0.2) is 30.5 Å². The predicted molar refractivity (Wildman–Crippen MR) is 75.6 cm³/mol. The summed E-state index contributed by atoms with van der Waals surface area (Å²) in [5, 5.41) is 1.38. The third kappa shape index (κ3) is 2.24. The maximum Gasteiger partial charge on any atom is 0.0482 e. The van der Waals surface area contributed by atoms with Gasteiger partial charge < -0.3 is 4.57 Å². The van der Waals surface area contributed by atoms with Gasteiger partial charge in [-0.3, -0.25) is 0 Å². The highest BCUT2D eigenvalue weighted by molar-refractivity contribution is 5.81. The van der Waals surface area contributed by atoms with Crippen LogP contribution in [0, 0.1) is 0 Å². The van der Waals surface area contributed by atoms with Crippen molar-refractivity contribution in [2.24, 2.45) is 0 Å². The molecule has 17 heavy (non-hydrogen) atoms.